The van der Waals surface area contributed by atoms with Crippen LogP contribution >= 0.6 is 0 Å². The van der Waals surface area contributed by atoms with Gasteiger partial charge in [-0.2, -0.15) is 0 Å². The molecule has 0 atom stereocenters. The Morgan fingerprint density at radius 3 is 1.27 bits per heavy atom. The minimum atomic E-state index is 0.629. The first-order valence-corrected chi connectivity index (χ1v) is 15.1. The molecule has 6 aromatic rings. The molecule has 0 unspecified atom stereocenters. The molecule has 11 heterocycles. The van der Waals surface area contributed by atoms with Crippen LogP contribution in [0.2, 0.25) is 0 Å². The zero-order chi connectivity index (χ0) is 29.6. The van der Waals surface area contributed by atoms with Crippen LogP contribution in [-0.2, 0) is 12.8 Å². The largest absolute Gasteiger partial charge is 0.494 e. The summed E-state index contributed by atoms with van der Waals surface area (Å²) in [6.45, 7) is 1.26. The van der Waals surface area contributed by atoms with Gasteiger partial charge in [-0.05, 0) is 122 Å². The number of aryl methyl sites for hydroxylation is 2. The third-order valence-corrected chi connectivity index (χ3v) is 7.73. The van der Waals surface area contributed by atoms with Gasteiger partial charge in [0, 0.05) is 23.5 Å². The number of aromatic nitrogens is 4. The second kappa shape index (κ2) is 12.9. The van der Waals surface area contributed by atoms with Crippen LogP contribution in [0.1, 0.15) is 24.0 Å². The Balaban J connectivity index is 1.12. The number of rotatable bonds is 0. The fourth-order valence-corrected chi connectivity index (χ4v) is 5.30. The molecule has 13 rings (SSSR count). The van der Waals surface area contributed by atoms with Crippen molar-refractivity contribution >= 4 is 0 Å². The Morgan fingerprint density at radius 2 is 0.841 bits per heavy atom. The highest BCUT2D eigenvalue weighted by Crippen LogP contribution is 2.26. The van der Waals surface area contributed by atoms with Gasteiger partial charge in [0.15, 0.2) is 0 Å². The van der Waals surface area contributed by atoms with E-state index in [0.29, 0.717) is 13.2 Å². The molecule has 0 saturated heterocycles. The van der Waals surface area contributed by atoms with E-state index in [2.05, 4.69) is 36.4 Å². The molecule has 0 radical (unpaired) electrons. The van der Waals surface area contributed by atoms with Crippen molar-refractivity contribution in [3.05, 3.63) is 133 Å². The van der Waals surface area contributed by atoms with Crippen molar-refractivity contribution in [2.75, 3.05) is 13.2 Å². The molecule has 2 aromatic carbocycles. The third-order valence-electron chi connectivity index (χ3n) is 7.73. The first-order valence-electron chi connectivity index (χ1n) is 15.1. The van der Waals surface area contributed by atoms with Crippen LogP contribution in [0, 0.1) is 0 Å². The second-order valence-electron chi connectivity index (χ2n) is 10.9. The minimum Gasteiger partial charge on any atom is -0.494 e. The Kier molecular flexibility index (Phi) is 8.04. The molecule has 0 aliphatic carbocycles. The fraction of sp³-hybridized carbons (Fsp3) is 0.158. The molecule has 0 amide bonds. The molecule has 216 valence electrons. The van der Waals surface area contributed by atoms with Gasteiger partial charge in [-0.15, -0.1) is 0 Å². The molecule has 0 N–H and O–H groups in total. The van der Waals surface area contributed by atoms with Crippen molar-refractivity contribution < 1.29 is 9.47 Å². The van der Waals surface area contributed by atoms with Crippen molar-refractivity contribution in [3.63, 3.8) is 0 Å². The highest BCUT2D eigenvalue weighted by Gasteiger charge is 2.08. The van der Waals surface area contributed by atoms with Gasteiger partial charge in [0.05, 0.1) is 47.4 Å². The van der Waals surface area contributed by atoms with Crippen molar-refractivity contribution in [2.24, 2.45) is 0 Å². The van der Waals surface area contributed by atoms with Gasteiger partial charge >= 0.3 is 0 Å². The smallest absolute Gasteiger partial charge is 0.119 e. The van der Waals surface area contributed by atoms with Gasteiger partial charge in [-0.1, -0.05) is 24.3 Å². The Bertz CT molecular complexity index is 1570. The standard InChI is InChI=1S/C38H32N4O2/c1-7-33-29-13-17-31(18-14-29)43-23-3-5-27-11-21-35(39-25-27)37-9-2-10-38(42-37)36-22-12-28(26-40-36)6-4-24-44-32-19-15-30(16-20-32)34(8-1)41-33/h1-2,7-22,25-26H,3-6,23-24H2. The van der Waals surface area contributed by atoms with E-state index >= 15 is 0 Å². The lowest BCUT2D eigenvalue weighted by Gasteiger charge is -2.10. The zero-order valence-electron chi connectivity index (χ0n) is 24.4. The average Bonchev–Trinajstić information content (AvgIpc) is 3.09. The number of hydrogen-bond acceptors (Lipinski definition) is 6. The Labute approximate surface area is 257 Å². The summed E-state index contributed by atoms with van der Waals surface area (Å²) in [4.78, 5) is 19.2. The summed E-state index contributed by atoms with van der Waals surface area (Å²) in [5.74, 6) is 1.70. The lowest BCUT2D eigenvalue weighted by atomic mass is 10.1. The van der Waals surface area contributed by atoms with Gasteiger partial charge < -0.3 is 9.47 Å². The van der Waals surface area contributed by atoms with E-state index in [9.17, 15) is 0 Å². The lowest BCUT2D eigenvalue weighted by Crippen LogP contribution is -2.00. The first-order chi connectivity index (χ1) is 21.8. The second-order valence-corrected chi connectivity index (χ2v) is 10.9. The summed E-state index contributed by atoms with van der Waals surface area (Å²) >= 11 is 0. The van der Waals surface area contributed by atoms with Crippen molar-refractivity contribution in [1.29, 1.82) is 0 Å². The summed E-state index contributed by atoms with van der Waals surface area (Å²) in [6.07, 6.45) is 7.43. The van der Waals surface area contributed by atoms with Crippen LogP contribution in [0.5, 0.6) is 11.5 Å². The average molecular weight is 577 g/mol. The van der Waals surface area contributed by atoms with E-state index in [1.54, 1.807) is 0 Å². The van der Waals surface area contributed by atoms with Gasteiger partial charge in [-0.25, -0.2) is 9.97 Å². The highest BCUT2D eigenvalue weighted by molar-refractivity contribution is 5.67. The summed E-state index contributed by atoms with van der Waals surface area (Å²) in [5, 5.41) is 0. The first kappa shape index (κ1) is 27.5. The molecule has 44 heavy (non-hydrogen) atoms. The molecular weight excluding hydrogens is 544 g/mol. The summed E-state index contributed by atoms with van der Waals surface area (Å²) in [7, 11) is 0. The maximum absolute atomic E-state index is 6.03. The van der Waals surface area contributed by atoms with Crippen LogP contribution in [0.3, 0.4) is 0 Å². The van der Waals surface area contributed by atoms with E-state index < -0.39 is 0 Å². The molecular formula is C38H32N4O2. The van der Waals surface area contributed by atoms with Crippen LogP contribution in [0.4, 0.5) is 0 Å². The quantitative estimate of drug-likeness (QED) is 0.181. The molecule has 7 aliphatic rings. The van der Waals surface area contributed by atoms with E-state index in [4.69, 9.17) is 29.4 Å². The Morgan fingerprint density at radius 1 is 0.409 bits per heavy atom. The highest BCUT2D eigenvalue weighted by atomic mass is 16.5. The molecule has 6 nitrogen and oxygen atoms in total. The van der Waals surface area contributed by atoms with E-state index in [-0.39, 0.29) is 0 Å². The minimum absolute atomic E-state index is 0.629. The predicted octanol–water partition coefficient (Wildman–Crippen LogP) is 8.27. The maximum Gasteiger partial charge on any atom is 0.119 e. The Hall–Kier alpha value is -5.36. The van der Waals surface area contributed by atoms with Crippen molar-refractivity contribution in [2.45, 2.75) is 25.7 Å². The number of hydrogen-bond donors (Lipinski definition) is 0. The SMILES string of the molecule is c1cc2nc(c1)-c1ccc(cc1)OCCCc1ccc(nc1)-c1cccc(n1)-c1ccc(cn1)CCCOc1ccc-2cc1. The third kappa shape index (κ3) is 6.50. The number of ether oxygens (including phenoxy) is 2. The van der Waals surface area contributed by atoms with Gasteiger partial charge in [0.25, 0.3) is 0 Å². The molecule has 0 spiro atoms. The van der Waals surface area contributed by atoms with Crippen molar-refractivity contribution in [1.82, 2.24) is 19.9 Å². The van der Waals surface area contributed by atoms with Crippen molar-refractivity contribution in [3.8, 4) is 56.8 Å². The van der Waals surface area contributed by atoms with E-state index in [1.807, 2.05) is 85.2 Å². The lowest BCUT2D eigenvalue weighted by molar-refractivity contribution is 0.311. The molecule has 6 heteroatoms. The topological polar surface area (TPSA) is 70.0 Å². The molecule has 0 saturated carbocycles. The predicted molar refractivity (Wildman–Crippen MR) is 173 cm³/mol. The number of nitrogens with zero attached hydrogens (tertiary/aromatic N) is 4. The van der Waals surface area contributed by atoms with Gasteiger partial charge in [0.2, 0.25) is 0 Å². The normalized spacial score (nSPS) is 13.3. The van der Waals surface area contributed by atoms with Crippen LogP contribution < -0.4 is 9.47 Å². The van der Waals surface area contributed by atoms with Crippen LogP contribution in [0.25, 0.3) is 45.3 Å². The summed E-state index contributed by atoms with van der Waals surface area (Å²) in [5.41, 5.74) is 9.65. The zero-order valence-corrected chi connectivity index (χ0v) is 24.4. The van der Waals surface area contributed by atoms with Gasteiger partial charge in [-0.3, -0.25) is 9.97 Å². The summed E-state index contributed by atoms with van der Waals surface area (Å²) < 4.78 is 12.1. The number of benzene rings is 2. The maximum atomic E-state index is 6.03. The summed E-state index contributed by atoms with van der Waals surface area (Å²) in [6, 6.07) is 36.7. The molecule has 7 aliphatic heterocycles. The van der Waals surface area contributed by atoms with E-state index in [1.165, 1.54) is 11.1 Å². The molecule has 12 bridgehead atoms. The van der Waals surface area contributed by atoms with Gasteiger partial charge in [0.1, 0.15) is 11.5 Å². The van der Waals surface area contributed by atoms with Crippen LogP contribution in [-0.4, -0.2) is 33.1 Å². The molecule has 4 aromatic heterocycles. The van der Waals surface area contributed by atoms with E-state index in [0.717, 1.165) is 82.5 Å². The van der Waals surface area contributed by atoms with Crippen LogP contribution in [0.15, 0.2) is 122 Å². The monoisotopic (exact) mass is 576 g/mol. The molecule has 0 fully saturated rings. The fourth-order valence-electron chi connectivity index (χ4n) is 5.30. The number of pyridine rings is 4.